The molecule has 0 atom stereocenters. The number of anilines is 2. The maximum absolute atomic E-state index is 13.9. The Balaban J connectivity index is 1.52. The van der Waals surface area contributed by atoms with Gasteiger partial charge in [-0.05, 0) is 61.7 Å². The average molecular weight is 657 g/mol. The molecule has 1 amide bonds. The van der Waals surface area contributed by atoms with Gasteiger partial charge in [0.25, 0.3) is 17.0 Å². The number of benzene rings is 2. The molecule has 2 aromatic heterocycles. The van der Waals surface area contributed by atoms with Crippen LogP contribution in [-0.4, -0.2) is 44.9 Å². The zero-order chi connectivity index (χ0) is 33.3. The molecule has 11 nitrogen and oxygen atoms in total. The Morgan fingerprint density at radius 1 is 1.00 bits per heavy atom. The molecule has 0 bridgehead atoms. The zero-order valence-corrected chi connectivity index (χ0v) is 27.8. The van der Waals surface area contributed by atoms with E-state index in [2.05, 4.69) is 5.32 Å². The average Bonchev–Trinajstić information content (AvgIpc) is 3.45. The van der Waals surface area contributed by atoms with E-state index in [-0.39, 0.29) is 26.0 Å². The lowest BCUT2D eigenvalue weighted by Crippen LogP contribution is -2.33. The fourth-order valence-electron chi connectivity index (χ4n) is 5.41. The van der Waals surface area contributed by atoms with Crippen LogP contribution in [0.1, 0.15) is 27.9 Å². The van der Waals surface area contributed by atoms with Gasteiger partial charge in [-0.25, -0.2) is 4.68 Å². The van der Waals surface area contributed by atoms with Crippen LogP contribution in [0.3, 0.4) is 0 Å². The number of para-hydroxylation sites is 1. The van der Waals surface area contributed by atoms with Crippen molar-refractivity contribution in [2.24, 2.45) is 14.1 Å². The Labute approximate surface area is 275 Å². The van der Waals surface area contributed by atoms with Gasteiger partial charge < -0.3 is 14.8 Å². The summed E-state index contributed by atoms with van der Waals surface area (Å²) in [5.41, 5.74) is 2.41. The Kier molecular flexibility index (Phi) is 9.22. The van der Waals surface area contributed by atoms with E-state index in [0.717, 1.165) is 17.3 Å². The van der Waals surface area contributed by atoms with E-state index in [1.54, 1.807) is 52.9 Å². The normalized spacial score (nSPS) is 13.8. The summed E-state index contributed by atoms with van der Waals surface area (Å²) in [6.07, 6.45) is 2.21. The minimum Gasteiger partial charge on any atom is -0.493 e. The number of carbonyl (C=O) groups excluding carboxylic acids is 1. The summed E-state index contributed by atoms with van der Waals surface area (Å²) in [6, 6.07) is 16.8. The number of nitrogens with one attached hydrogen (secondary N) is 1. The first-order chi connectivity index (χ1) is 22.0. The summed E-state index contributed by atoms with van der Waals surface area (Å²) in [4.78, 5) is 42.3. The van der Waals surface area contributed by atoms with Crippen molar-refractivity contribution in [2.75, 3.05) is 31.0 Å². The van der Waals surface area contributed by atoms with Crippen molar-refractivity contribution < 1.29 is 14.3 Å². The lowest BCUT2D eigenvalue weighted by molar-refractivity contribution is -0.113. The second-order valence-corrected chi connectivity index (χ2v) is 12.2. The van der Waals surface area contributed by atoms with Crippen LogP contribution in [0.4, 0.5) is 11.5 Å². The largest absolute Gasteiger partial charge is 0.493 e. The lowest BCUT2D eigenvalue weighted by Gasteiger charge is -2.18. The molecule has 0 saturated carbocycles. The number of thiocarbonyl (C=S) groups is 1. The van der Waals surface area contributed by atoms with E-state index in [1.165, 1.54) is 14.1 Å². The number of methoxy groups -OCH3 is 2. The minimum absolute atomic E-state index is 0.0284. The molecular weight excluding hydrogens is 625 g/mol. The van der Waals surface area contributed by atoms with Gasteiger partial charge in [-0.2, -0.15) is 5.26 Å². The highest BCUT2D eigenvalue weighted by Gasteiger charge is 2.38. The first-order valence-corrected chi connectivity index (χ1v) is 15.5. The van der Waals surface area contributed by atoms with Crippen LogP contribution >= 0.6 is 24.0 Å². The predicted molar refractivity (Wildman–Crippen MR) is 184 cm³/mol. The predicted octanol–water partition coefficient (Wildman–Crippen LogP) is 4.44. The SMILES string of the molecule is COc1ccc(CCNc2c(/C=C3/SC(=S)N(c4c(C)n(C)n(-c5ccccc5)c4=O)C3=O)c(C)c(C#N)c(=O)n2C)cc1OC. The van der Waals surface area contributed by atoms with E-state index in [0.29, 0.717) is 52.8 Å². The molecule has 236 valence electrons. The number of amides is 1. The molecule has 0 radical (unpaired) electrons. The third-order valence-corrected chi connectivity index (χ3v) is 9.27. The maximum atomic E-state index is 13.9. The van der Waals surface area contributed by atoms with Crippen molar-refractivity contribution in [3.05, 3.63) is 102 Å². The summed E-state index contributed by atoms with van der Waals surface area (Å²) >= 11 is 6.69. The zero-order valence-electron chi connectivity index (χ0n) is 26.2. The van der Waals surface area contributed by atoms with E-state index < -0.39 is 11.5 Å². The van der Waals surface area contributed by atoms with Gasteiger partial charge in [-0.15, -0.1) is 0 Å². The quantitative estimate of drug-likeness (QED) is 0.206. The molecule has 0 spiro atoms. The molecule has 2 aromatic carbocycles. The molecule has 1 N–H and O–H groups in total. The van der Waals surface area contributed by atoms with Gasteiger partial charge in [0.05, 0.1) is 30.5 Å². The number of nitriles is 1. The molecule has 13 heteroatoms. The highest BCUT2D eigenvalue weighted by molar-refractivity contribution is 8.27. The van der Waals surface area contributed by atoms with Gasteiger partial charge in [-0.3, -0.25) is 28.5 Å². The van der Waals surface area contributed by atoms with Crippen molar-refractivity contribution in [2.45, 2.75) is 20.3 Å². The van der Waals surface area contributed by atoms with Crippen molar-refractivity contribution in [1.29, 1.82) is 5.26 Å². The third-order valence-electron chi connectivity index (χ3n) is 7.97. The Bertz CT molecular complexity index is 2070. The second-order valence-electron chi connectivity index (χ2n) is 10.5. The minimum atomic E-state index is -0.468. The molecule has 5 rings (SSSR count). The van der Waals surface area contributed by atoms with Crippen LogP contribution in [-0.2, 0) is 25.3 Å². The Morgan fingerprint density at radius 3 is 2.35 bits per heavy atom. The molecule has 1 aliphatic heterocycles. The number of nitrogens with zero attached hydrogens (tertiary/aromatic N) is 5. The van der Waals surface area contributed by atoms with Crippen LogP contribution in [0.25, 0.3) is 11.8 Å². The van der Waals surface area contributed by atoms with Crippen molar-refractivity contribution in [3.63, 3.8) is 0 Å². The van der Waals surface area contributed by atoms with Gasteiger partial charge in [0.2, 0.25) is 0 Å². The first kappa shape index (κ1) is 32.3. The number of ether oxygens (including phenoxy) is 2. The van der Waals surface area contributed by atoms with Gasteiger partial charge >= 0.3 is 0 Å². The van der Waals surface area contributed by atoms with E-state index in [1.807, 2.05) is 54.6 Å². The summed E-state index contributed by atoms with van der Waals surface area (Å²) in [5.74, 6) is 1.20. The Morgan fingerprint density at radius 2 is 1.70 bits per heavy atom. The van der Waals surface area contributed by atoms with Crippen molar-refractivity contribution >= 4 is 51.8 Å². The van der Waals surface area contributed by atoms with Gasteiger partial charge in [0.1, 0.15) is 23.1 Å². The Hall–Kier alpha value is -5.06. The molecule has 1 fully saturated rings. The fourth-order valence-corrected chi connectivity index (χ4v) is 6.66. The van der Waals surface area contributed by atoms with Crippen LogP contribution in [0, 0.1) is 25.2 Å². The summed E-state index contributed by atoms with van der Waals surface area (Å²) in [7, 11) is 6.47. The third kappa shape index (κ3) is 5.61. The molecule has 1 saturated heterocycles. The number of carbonyl (C=O) groups is 1. The van der Waals surface area contributed by atoms with Gasteiger partial charge in [0, 0.05) is 26.2 Å². The topological polar surface area (TPSA) is 124 Å². The number of hydrogen-bond acceptors (Lipinski definition) is 9. The van der Waals surface area contributed by atoms with E-state index >= 15 is 0 Å². The monoisotopic (exact) mass is 656 g/mol. The van der Waals surface area contributed by atoms with Crippen LogP contribution in [0.2, 0.25) is 0 Å². The standard InChI is InChI=1S/C33H32N6O5S2/c1-19-23(29(36(3)30(40)24(19)18-34)35-15-14-21-12-13-25(43-5)26(16-21)44-6)17-27-31(41)38(33(45)46-27)28-20(2)37(4)39(32(28)42)22-10-8-7-9-11-22/h7-13,16-17,35H,14-15H2,1-6H3/b27-17+. The second kappa shape index (κ2) is 13.1. The number of pyridine rings is 1. The number of aromatic nitrogens is 3. The smallest absolute Gasteiger partial charge is 0.296 e. The fraction of sp³-hybridized carbons (Fsp3) is 0.242. The summed E-state index contributed by atoms with van der Waals surface area (Å²) in [6.45, 7) is 3.86. The molecule has 46 heavy (non-hydrogen) atoms. The molecule has 3 heterocycles. The maximum Gasteiger partial charge on any atom is 0.296 e. The van der Waals surface area contributed by atoms with E-state index in [4.69, 9.17) is 21.7 Å². The van der Waals surface area contributed by atoms with E-state index in [9.17, 15) is 19.6 Å². The molecule has 4 aromatic rings. The number of hydrogen-bond donors (Lipinski definition) is 1. The van der Waals surface area contributed by atoms with Crippen molar-refractivity contribution in [1.82, 2.24) is 13.9 Å². The number of thioether (sulfide) groups is 1. The lowest BCUT2D eigenvalue weighted by atomic mass is 10.0. The number of rotatable bonds is 9. The van der Waals surface area contributed by atoms with Crippen LogP contribution in [0.5, 0.6) is 11.5 Å². The molecule has 0 unspecified atom stereocenters. The molecular formula is C33H32N6O5S2. The summed E-state index contributed by atoms with van der Waals surface area (Å²) in [5, 5.41) is 13.2. The van der Waals surface area contributed by atoms with Crippen LogP contribution < -0.4 is 30.8 Å². The van der Waals surface area contributed by atoms with Crippen LogP contribution in [0.15, 0.2) is 63.0 Å². The molecule has 0 aliphatic carbocycles. The van der Waals surface area contributed by atoms with Gasteiger partial charge in [0.15, 0.2) is 15.8 Å². The highest BCUT2D eigenvalue weighted by atomic mass is 32.2. The highest BCUT2D eigenvalue weighted by Crippen LogP contribution is 2.38. The first-order valence-electron chi connectivity index (χ1n) is 14.2. The van der Waals surface area contributed by atoms with Crippen molar-refractivity contribution in [3.8, 4) is 23.3 Å². The molecule has 1 aliphatic rings. The van der Waals surface area contributed by atoms with Gasteiger partial charge in [-0.1, -0.05) is 48.2 Å². The summed E-state index contributed by atoms with van der Waals surface area (Å²) < 4.78 is 15.5.